The Morgan fingerprint density at radius 3 is 2.35 bits per heavy atom. The first kappa shape index (κ1) is 16.9. The van der Waals surface area contributed by atoms with E-state index in [1.165, 1.54) is 10.4 Å². The van der Waals surface area contributed by atoms with Gasteiger partial charge in [-0.2, -0.15) is 4.31 Å². The van der Waals surface area contributed by atoms with E-state index >= 15 is 0 Å². The third kappa shape index (κ3) is 4.43. The van der Waals surface area contributed by atoms with Crippen molar-refractivity contribution in [2.75, 3.05) is 39.5 Å². The third-order valence-electron chi connectivity index (χ3n) is 2.90. The van der Waals surface area contributed by atoms with Gasteiger partial charge in [-0.15, -0.1) is 0 Å². The van der Waals surface area contributed by atoms with Crippen molar-refractivity contribution in [3.63, 3.8) is 0 Å². The quantitative estimate of drug-likeness (QED) is 0.773. The van der Waals surface area contributed by atoms with E-state index in [0.717, 1.165) is 18.7 Å². The molecule has 0 bridgehead atoms. The molecule has 1 aromatic rings. The van der Waals surface area contributed by atoms with Crippen LogP contribution in [0.3, 0.4) is 0 Å². The first-order chi connectivity index (χ1) is 9.27. The Morgan fingerprint density at radius 2 is 1.85 bits per heavy atom. The number of sulfonamides is 1. The molecule has 5 nitrogen and oxygen atoms in total. The summed E-state index contributed by atoms with van der Waals surface area (Å²) in [6.07, 6.45) is 0.713. The summed E-state index contributed by atoms with van der Waals surface area (Å²) in [6, 6.07) is 3.38. The van der Waals surface area contributed by atoms with Gasteiger partial charge in [0.1, 0.15) is 5.82 Å². The molecule has 0 aliphatic heterocycles. The zero-order chi connectivity index (χ0) is 15.3. The highest BCUT2D eigenvalue weighted by Gasteiger charge is 2.23. The number of hydrogen-bond acceptors (Lipinski definition) is 4. The molecular weight excluding hydrogens is 281 g/mol. The lowest BCUT2D eigenvalue weighted by atomic mass is 10.3. The van der Waals surface area contributed by atoms with Gasteiger partial charge < -0.3 is 10.6 Å². The van der Waals surface area contributed by atoms with Gasteiger partial charge in [-0.3, -0.25) is 0 Å². The van der Waals surface area contributed by atoms with Crippen molar-refractivity contribution < 1.29 is 12.8 Å². The normalized spacial score (nSPS) is 12.3. The number of anilines is 1. The summed E-state index contributed by atoms with van der Waals surface area (Å²) in [5, 5.41) is 0. The fourth-order valence-corrected chi connectivity index (χ4v) is 3.45. The van der Waals surface area contributed by atoms with Crippen LogP contribution < -0.4 is 5.73 Å². The highest BCUT2D eigenvalue weighted by molar-refractivity contribution is 7.89. The molecule has 0 unspecified atom stereocenters. The average Bonchev–Trinajstić information content (AvgIpc) is 2.32. The lowest BCUT2D eigenvalue weighted by Gasteiger charge is -2.21. The molecule has 0 saturated heterocycles. The van der Waals surface area contributed by atoms with Gasteiger partial charge >= 0.3 is 0 Å². The smallest absolute Gasteiger partial charge is 0.243 e. The SMILES string of the molecule is CCN(CCCN(C)C)S(=O)(=O)c1cc(N)cc(F)c1. The molecule has 0 atom stereocenters. The van der Waals surface area contributed by atoms with Crippen LogP contribution in [-0.4, -0.2) is 51.4 Å². The zero-order valence-corrected chi connectivity index (χ0v) is 13.0. The number of rotatable bonds is 7. The molecule has 0 aromatic heterocycles. The number of hydrogen-bond donors (Lipinski definition) is 1. The third-order valence-corrected chi connectivity index (χ3v) is 4.85. The van der Waals surface area contributed by atoms with Crippen LogP contribution in [0.4, 0.5) is 10.1 Å². The maximum absolute atomic E-state index is 13.3. The van der Waals surface area contributed by atoms with Gasteiger partial charge in [0.05, 0.1) is 4.90 Å². The summed E-state index contributed by atoms with van der Waals surface area (Å²) in [6.45, 7) is 3.28. The number of benzene rings is 1. The van der Waals surface area contributed by atoms with E-state index in [-0.39, 0.29) is 10.6 Å². The molecule has 1 rings (SSSR count). The van der Waals surface area contributed by atoms with Crippen molar-refractivity contribution in [2.45, 2.75) is 18.2 Å². The van der Waals surface area contributed by atoms with Crippen molar-refractivity contribution in [3.8, 4) is 0 Å². The standard InChI is InChI=1S/C13H22FN3O2S/c1-4-17(7-5-6-16(2)3)20(18,19)13-9-11(14)8-12(15)10-13/h8-10H,4-7,15H2,1-3H3. The minimum atomic E-state index is -3.70. The van der Waals surface area contributed by atoms with E-state index in [9.17, 15) is 12.8 Å². The molecule has 7 heteroatoms. The van der Waals surface area contributed by atoms with Gasteiger partial charge in [-0.05, 0) is 45.3 Å². The average molecular weight is 303 g/mol. The number of halogens is 1. The van der Waals surface area contributed by atoms with Crippen molar-refractivity contribution in [2.24, 2.45) is 0 Å². The van der Waals surface area contributed by atoms with Crippen LogP contribution in [0.2, 0.25) is 0 Å². The van der Waals surface area contributed by atoms with Crippen LogP contribution in [0.1, 0.15) is 13.3 Å². The summed E-state index contributed by atoms with van der Waals surface area (Å²) in [7, 11) is 0.158. The van der Waals surface area contributed by atoms with Gasteiger partial charge in [0.25, 0.3) is 0 Å². The van der Waals surface area contributed by atoms with E-state index in [2.05, 4.69) is 0 Å². The lowest BCUT2D eigenvalue weighted by Crippen LogP contribution is -2.33. The van der Waals surface area contributed by atoms with E-state index in [4.69, 9.17) is 5.73 Å². The first-order valence-electron chi connectivity index (χ1n) is 6.48. The molecule has 1 aromatic carbocycles. The van der Waals surface area contributed by atoms with E-state index in [0.29, 0.717) is 19.5 Å². The summed E-state index contributed by atoms with van der Waals surface area (Å²) in [5.74, 6) is -0.645. The summed E-state index contributed by atoms with van der Waals surface area (Å²) < 4.78 is 39.5. The Bertz CT molecular complexity index is 526. The fourth-order valence-electron chi connectivity index (χ4n) is 1.89. The van der Waals surface area contributed by atoms with E-state index in [1.807, 2.05) is 19.0 Å². The Hall–Kier alpha value is -1.18. The van der Waals surface area contributed by atoms with Crippen molar-refractivity contribution in [1.82, 2.24) is 9.21 Å². The molecule has 0 heterocycles. The Labute approximate surface area is 120 Å². The molecule has 0 radical (unpaired) electrons. The van der Waals surface area contributed by atoms with Gasteiger partial charge in [0, 0.05) is 18.8 Å². The highest BCUT2D eigenvalue weighted by Crippen LogP contribution is 2.20. The van der Waals surface area contributed by atoms with Crippen LogP contribution in [0, 0.1) is 5.82 Å². The summed E-state index contributed by atoms with van der Waals surface area (Å²) in [5.41, 5.74) is 5.61. The lowest BCUT2D eigenvalue weighted by molar-refractivity contribution is 0.356. The first-order valence-corrected chi connectivity index (χ1v) is 7.92. The molecule has 0 aliphatic rings. The van der Waals surface area contributed by atoms with Crippen molar-refractivity contribution in [1.29, 1.82) is 0 Å². The second-order valence-electron chi connectivity index (χ2n) is 4.87. The largest absolute Gasteiger partial charge is 0.399 e. The number of nitrogen functional groups attached to an aromatic ring is 1. The zero-order valence-electron chi connectivity index (χ0n) is 12.1. The molecule has 2 N–H and O–H groups in total. The molecule has 0 saturated carbocycles. The molecule has 0 fully saturated rings. The maximum Gasteiger partial charge on any atom is 0.243 e. The van der Waals surface area contributed by atoms with Crippen LogP contribution in [-0.2, 0) is 10.0 Å². The Morgan fingerprint density at radius 1 is 1.20 bits per heavy atom. The van der Waals surface area contributed by atoms with Gasteiger partial charge in [-0.25, -0.2) is 12.8 Å². The Balaban J connectivity index is 2.94. The Kier molecular flexibility index (Phi) is 5.91. The summed E-state index contributed by atoms with van der Waals surface area (Å²) >= 11 is 0. The molecule has 0 spiro atoms. The van der Waals surface area contributed by atoms with Gasteiger partial charge in [0.15, 0.2) is 0 Å². The number of nitrogens with two attached hydrogens (primary N) is 1. The number of nitrogens with zero attached hydrogens (tertiary/aromatic N) is 2. The van der Waals surface area contributed by atoms with Gasteiger partial charge in [-0.1, -0.05) is 6.92 Å². The minimum absolute atomic E-state index is 0.0956. The predicted octanol–water partition coefficient (Wildman–Crippen LogP) is 1.37. The monoisotopic (exact) mass is 303 g/mol. The van der Waals surface area contributed by atoms with Crippen molar-refractivity contribution >= 4 is 15.7 Å². The van der Waals surface area contributed by atoms with E-state index in [1.54, 1.807) is 6.92 Å². The molecule has 0 amide bonds. The fraction of sp³-hybridized carbons (Fsp3) is 0.538. The topological polar surface area (TPSA) is 66.6 Å². The van der Waals surface area contributed by atoms with Gasteiger partial charge in [0.2, 0.25) is 10.0 Å². The van der Waals surface area contributed by atoms with Crippen molar-refractivity contribution in [3.05, 3.63) is 24.0 Å². The molecule has 20 heavy (non-hydrogen) atoms. The molecule has 0 aliphatic carbocycles. The van der Waals surface area contributed by atoms with E-state index < -0.39 is 15.8 Å². The molecular formula is C13H22FN3O2S. The maximum atomic E-state index is 13.3. The second kappa shape index (κ2) is 7.01. The van der Waals surface area contributed by atoms with Crippen LogP contribution in [0.15, 0.2) is 23.1 Å². The summed E-state index contributed by atoms with van der Waals surface area (Å²) in [4.78, 5) is 1.89. The highest BCUT2D eigenvalue weighted by atomic mass is 32.2. The second-order valence-corrected chi connectivity index (χ2v) is 6.81. The molecule has 114 valence electrons. The minimum Gasteiger partial charge on any atom is -0.399 e. The van der Waals surface area contributed by atoms with Crippen LogP contribution in [0.5, 0.6) is 0 Å². The van der Waals surface area contributed by atoms with Crippen LogP contribution >= 0.6 is 0 Å². The predicted molar refractivity (Wildman–Crippen MR) is 78.4 cm³/mol. The van der Waals surface area contributed by atoms with Crippen LogP contribution in [0.25, 0.3) is 0 Å².